The highest BCUT2D eigenvalue weighted by Gasteiger charge is 2.35. The number of nitrogens with zero attached hydrogens (tertiary/aromatic N) is 7. The molecule has 0 radical (unpaired) electrons. The monoisotopic (exact) mass is 571 g/mol. The average Bonchev–Trinajstić information content (AvgIpc) is 3.04. The van der Waals surface area contributed by atoms with Gasteiger partial charge >= 0.3 is 6.01 Å². The summed E-state index contributed by atoms with van der Waals surface area (Å²) in [7, 11) is 0. The number of aromatic nitrogens is 2. The van der Waals surface area contributed by atoms with Gasteiger partial charge in [0.25, 0.3) is 0 Å². The molecule has 1 aliphatic carbocycles. The summed E-state index contributed by atoms with van der Waals surface area (Å²) in [5, 5.41) is 9.52. The van der Waals surface area contributed by atoms with Gasteiger partial charge in [-0.2, -0.15) is 15.2 Å². The SMILES string of the molecule is C=CC(=O)N1CCN(c2nc(OCCN3CCOCC3)nc3c2CCC(N2CCCc4ccccc42)C3)CC1CC#N. The van der Waals surface area contributed by atoms with E-state index < -0.39 is 0 Å². The predicted molar refractivity (Wildman–Crippen MR) is 161 cm³/mol. The molecule has 42 heavy (non-hydrogen) atoms. The first-order chi connectivity index (χ1) is 20.6. The van der Waals surface area contributed by atoms with E-state index >= 15 is 0 Å². The van der Waals surface area contributed by atoms with E-state index in [1.807, 2.05) is 0 Å². The Labute approximate surface area is 248 Å². The van der Waals surface area contributed by atoms with Gasteiger partial charge in [-0.05, 0) is 43.4 Å². The third-order valence-electron chi connectivity index (χ3n) is 9.10. The Morgan fingerprint density at radius 2 is 2.00 bits per heavy atom. The van der Waals surface area contributed by atoms with Gasteiger partial charge in [0.15, 0.2) is 0 Å². The highest BCUT2D eigenvalue weighted by molar-refractivity contribution is 5.87. The lowest BCUT2D eigenvalue weighted by Gasteiger charge is -2.43. The topological polar surface area (TPSA) is 98.1 Å². The molecule has 6 rings (SSSR count). The molecule has 10 heteroatoms. The number of aryl methyl sites for hydroxylation is 1. The van der Waals surface area contributed by atoms with Crippen LogP contribution >= 0.6 is 0 Å². The minimum atomic E-state index is -0.216. The maximum Gasteiger partial charge on any atom is 0.318 e. The number of ether oxygens (including phenoxy) is 2. The third kappa shape index (κ3) is 6.08. The number of hydrogen-bond donors (Lipinski definition) is 0. The number of anilines is 2. The highest BCUT2D eigenvalue weighted by atomic mass is 16.5. The summed E-state index contributed by atoms with van der Waals surface area (Å²) < 4.78 is 11.7. The van der Waals surface area contributed by atoms with Gasteiger partial charge in [0, 0.05) is 69.5 Å². The zero-order chi connectivity index (χ0) is 28.9. The Kier molecular flexibility index (Phi) is 8.87. The number of rotatable bonds is 8. The molecule has 2 aromatic rings. The summed E-state index contributed by atoms with van der Waals surface area (Å²) in [5.74, 6) is 0.768. The van der Waals surface area contributed by atoms with Crippen LogP contribution in [0.2, 0.25) is 0 Å². The maximum atomic E-state index is 12.5. The smallest absolute Gasteiger partial charge is 0.318 e. The molecule has 0 spiro atoms. The van der Waals surface area contributed by atoms with Crippen LogP contribution in [-0.2, 0) is 28.8 Å². The Hall–Kier alpha value is -3.68. The predicted octanol–water partition coefficient (Wildman–Crippen LogP) is 2.61. The van der Waals surface area contributed by atoms with E-state index in [0.717, 1.165) is 76.6 Å². The van der Waals surface area contributed by atoms with Crippen LogP contribution in [0.1, 0.15) is 36.1 Å². The van der Waals surface area contributed by atoms with E-state index in [-0.39, 0.29) is 18.4 Å². The lowest BCUT2D eigenvalue weighted by molar-refractivity contribution is -0.128. The van der Waals surface area contributed by atoms with Crippen LogP contribution < -0.4 is 14.5 Å². The molecule has 0 bridgehead atoms. The van der Waals surface area contributed by atoms with Gasteiger partial charge in [-0.15, -0.1) is 0 Å². The maximum absolute atomic E-state index is 12.5. The van der Waals surface area contributed by atoms with Crippen molar-refractivity contribution < 1.29 is 14.3 Å². The van der Waals surface area contributed by atoms with Crippen LogP contribution in [0, 0.1) is 11.3 Å². The highest BCUT2D eigenvalue weighted by Crippen LogP contribution is 2.36. The second-order valence-electron chi connectivity index (χ2n) is 11.6. The molecular formula is C32H41N7O3. The number of nitriles is 1. The van der Waals surface area contributed by atoms with E-state index in [1.54, 1.807) is 4.90 Å². The van der Waals surface area contributed by atoms with Crippen molar-refractivity contribution in [1.29, 1.82) is 5.26 Å². The van der Waals surface area contributed by atoms with Gasteiger partial charge in [0.1, 0.15) is 12.4 Å². The number of morpholine rings is 1. The molecule has 3 aliphatic heterocycles. The van der Waals surface area contributed by atoms with E-state index in [4.69, 9.17) is 19.4 Å². The normalized spacial score (nSPS) is 22.6. The number of para-hydroxylation sites is 1. The first kappa shape index (κ1) is 28.4. The standard InChI is InChI=1S/C32H41N7O3/c1-2-30(40)39-15-14-37(23-26(39)11-12-33)31-27-10-9-25(38-13-5-7-24-6-3-4-8-29(24)38)22-28(27)34-32(35-31)42-21-18-36-16-19-41-20-17-36/h2-4,6,8,25-26H,1,5,7,9-11,13-23H2. The fourth-order valence-electron chi connectivity index (χ4n) is 6.92. The summed E-state index contributed by atoms with van der Waals surface area (Å²) in [6, 6.07) is 11.6. The fraction of sp³-hybridized carbons (Fsp3) is 0.562. The van der Waals surface area contributed by atoms with Crippen LogP contribution in [0.4, 0.5) is 11.5 Å². The molecule has 0 saturated carbocycles. The quantitative estimate of drug-likeness (QED) is 0.443. The van der Waals surface area contributed by atoms with E-state index in [1.165, 1.54) is 29.3 Å². The first-order valence-corrected chi connectivity index (χ1v) is 15.4. The fourth-order valence-corrected chi connectivity index (χ4v) is 6.92. The van der Waals surface area contributed by atoms with Gasteiger partial charge < -0.3 is 24.2 Å². The Bertz CT molecular complexity index is 1320. The summed E-state index contributed by atoms with van der Waals surface area (Å²) in [6.07, 6.45) is 6.67. The van der Waals surface area contributed by atoms with Gasteiger partial charge in [-0.1, -0.05) is 24.8 Å². The van der Waals surface area contributed by atoms with Gasteiger partial charge in [0.2, 0.25) is 5.91 Å². The molecule has 4 heterocycles. The van der Waals surface area contributed by atoms with Crippen molar-refractivity contribution in [3.63, 3.8) is 0 Å². The zero-order valence-electron chi connectivity index (χ0n) is 24.4. The van der Waals surface area contributed by atoms with Crippen LogP contribution in [0.15, 0.2) is 36.9 Å². The molecule has 0 N–H and O–H groups in total. The summed E-state index contributed by atoms with van der Waals surface area (Å²) in [4.78, 5) is 31.4. The molecule has 10 nitrogen and oxygen atoms in total. The average molecular weight is 572 g/mol. The minimum Gasteiger partial charge on any atom is -0.462 e. The molecule has 1 aromatic carbocycles. The zero-order valence-corrected chi connectivity index (χ0v) is 24.4. The number of amides is 1. The first-order valence-electron chi connectivity index (χ1n) is 15.4. The van der Waals surface area contributed by atoms with Crippen molar-refractivity contribution in [2.75, 3.05) is 75.4 Å². The lowest BCUT2D eigenvalue weighted by atomic mass is 9.88. The second kappa shape index (κ2) is 13.1. The summed E-state index contributed by atoms with van der Waals surface area (Å²) in [6.45, 7) is 11.1. The second-order valence-corrected chi connectivity index (χ2v) is 11.6. The Morgan fingerprint density at radius 3 is 2.83 bits per heavy atom. The van der Waals surface area contributed by atoms with Crippen LogP contribution in [0.25, 0.3) is 0 Å². The molecule has 2 fully saturated rings. The van der Waals surface area contributed by atoms with Crippen molar-refractivity contribution in [2.24, 2.45) is 0 Å². The van der Waals surface area contributed by atoms with Gasteiger partial charge in [0.05, 0.1) is 37.4 Å². The van der Waals surface area contributed by atoms with Crippen LogP contribution in [0.5, 0.6) is 6.01 Å². The van der Waals surface area contributed by atoms with Crippen molar-refractivity contribution in [2.45, 2.75) is 50.6 Å². The molecule has 4 aliphatic rings. The molecule has 222 valence electrons. The number of carbonyl (C=O) groups is 1. The summed E-state index contributed by atoms with van der Waals surface area (Å²) >= 11 is 0. The minimum absolute atomic E-state index is 0.128. The summed E-state index contributed by atoms with van der Waals surface area (Å²) in [5.41, 5.74) is 5.02. The van der Waals surface area contributed by atoms with Gasteiger partial charge in [-0.3, -0.25) is 9.69 Å². The van der Waals surface area contributed by atoms with Crippen molar-refractivity contribution in [3.05, 3.63) is 53.7 Å². The lowest BCUT2D eigenvalue weighted by Crippen LogP contribution is -2.55. The van der Waals surface area contributed by atoms with Crippen molar-refractivity contribution in [1.82, 2.24) is 19.8 Å². The number of carbonyl (C=O) groups excluding carboxylic acids is 1. The van der Waals surface area contributed by atoms with Gasteiger partial charge in [-0.25, -0.2) is 0 Å². The van der Waals surface area contributed by atoms with E-state index in [0.29, 0.717) is 38.3 Å². The molecular weight excluding hydrogens is 530 g/mol. The van der Waals surface area contributed by atoms with E-state index in [2.05, 4.69) is 51.6 Å². The largest absolute Gasteiger partial charge is 0.462 e. The number of piperazine rings is 1. The van der Waals surface area contributed by atoms with Crippen LogP contribution in [-0.4, -0.2) is 103 Å². The third-order valence-corrected chi connectivity index (χ3v) is 9.10. The van der Waals surface area contributed by atoms with Crippen molar-refractivity contribution >= 4 is 17.4 Å². The van der Waals surface area contributed by atoms with Crippen LogP contribution in [0.3, 0.4) is 0 Å². The molecule has 2 saturated heterocycles. The number of fused-ring (bicyclic) bond motifs is 2. The van der Waals surface area contributed by atoms with E-state index in [9.17, 15) is 10.1 Å². The molecule has 1 amide bonds. The Morgan fingerprint density at radius 1 is 1.14 bits per heavy atom. The molecule has 2 atom stereocenters. The molecule has 1 aromatic heterocycles. The van der Waals surface area contributed by atoms with Crippen molar-refractivity contribution in [3.8, 4) is 12.1 Å². The Balaban J connectivity index is 1.26. The number of benzene rings is 1. The molecule has 2 unspecified atom stereocenters. The number of hydrogen-bond acceptors (Lipinski definition) is 9.